The van der Waals surface area contributed by atoms with Crippen LogP contribution in [0.25, 0.3) is 0 Å². The Balaban J connectivity index is 1.34. The summed E-state index contributed by atoms with van der Waals surface area (Å²) in [5.74, 6) is -0.580. The fourth-order valence-electron chi connectivity index (χ4n) is 7.34. The van der Waals surface area contributed by atoms with Crippen molar-refractivity contribution in [2.45, 2.75) is 82.3 Å². The van der Waals surface area contributed by atoms with Crippen molar-refractivity contribution in [2.24, 2.45) is 28.6 Å². The molecule has 0 aromatic rings. The highest BCUT2D eigenvalue weighted by Gasteiger charge is 2.59. The Kier molecular flexibility index (Phi) is 7.34. The van der Waals surface area contributed by atoms with Gasteiger partial charge in [0.15, 0.2) is 0 Å². The summed E-state index contributed by atoms with van der Waals surface area (Å²) in [4.78, 5) is 24.6. The second kappa shape index (κ2) is 9.72. The maximum atomic E-state index is 13.8. The van der Waals surface area contributed by atoms with Crippen LogP contribution in [0.1, 0.15) is 77.0 Å². The Bertz CT molecular complexity index is 684. The van der Waals surface area contributed by atoms with Crippen LogP contribution < -0.4 is 0 Å². The van der Waals surface area contributed by atoms with E-state index < -0.39 is 23.3 Å². The van der Waals surface area contributed by atoms with Gasteiger partial charge in [-0.15, -0.1) is 4.33 Å². The highest BCUT2D eigenvalue weighted by Crippen LogP contribution is 2.66. The van der Waals surface area contributed by atoms with Crippen molar-refractivity contribution in [3.05, 3.63) is 0 Å². The standard InChI is InChI=1S/C22H32F2O7S/c23-22(24,32-31-30-27)19(26)29-14-21-9-16-6-17(10-21)8-20(7-16,13-21)11-18(25)28-12-15-4-2-1-3-5-15/h15-17,27H,1-14H2. The topological polar surface area (TPSA) is 91.3 Å². The van der Waals surface area contributed by atoms with E-state index in [-0.39, 0.29) is 23.4 Å². The molecular formula is C22H32F2O7S. The minimum atomic E-state index is -3.99. The summed E-state index contributed by atoms with van der Waals surface area (Å²) >= 11 is -0.613. The van der Waals surface area contributed by atoms with E-state index in [1.165, 1.54) is 19.3 Å². The lowest BCUT2D eigenvalue weighted by Crippen LogP contribution is -2.54. The lowest BCUT2D eigenvalue weighted by Gasteiger charge is -2.61. The molecule has 0 aliphatic heterocycles. The molecule has 1 N–H and O–H groups in total. The van der Waals surface area contributed by atoms with E-state index >= 15 is 0 Å². The van der Waals surface area contributed by atoms with Crippen molar-refractivity contribution in [3.63, 3.8) is 0 Å². The molecule has 5 rings (SSSR count). The summed E-state index contributed by atoms with van der Waals surface area (Å²) in [5.41, 5.74) is -0.566. The number of carbonyl (C=O) groups excluding carboxylic acids is 2. The van der Waals surface area contributed by atoms with E-state index in [1.807, 2.05) is 0 Å². The Labute approximate surface area is 190 Å². The third kappa shape index (κ3) is 5.56. The first kappa shape index (κ1) is 24.2. The van der Waals surface area contributed by atoms with E-state index in [2.05, 4.69) is 9.37 Å². The van der Waals surface area contributed by atoms with Gasteiger partial charge in [-0.3, -0.25) is 4.79 Å². The molecule has 5 saturated carbocycles. The number of ether oxygens (including phenoxy) is 2. The fraction of sp³-hybridized carbons (Fsp3) is 0.909. The molecule has 32 heavy (non-hydrogen) atoms. The summed E-state index contributed by atoms with van der Waals surface area (Å²) in [6.07, 6.45) is 11.6. The molecule has 5 aliphatic carbocycles. The van der Waals surface area contributed by atoms with E-state index in [4.69, 9.17) is 14.7 Å². The van der Waals surface area contributed by atoms with Crippen molar-refractivity contribution in [3.8, 4) is 0 Å². The van der Waals surface area contributed by atoms with E-state index in [1.54, 1.807) is 0 Å². The van der Waals surface area contributed by atoms with Crippen LogP contribution in [-0.2, 0) is 28.4 Å². The van der Waals surface area contributed by atoms with Crippen LogP contribution in [0, 0.1) is 28.6 Å². The van der Waals surface area contributed by atoms with Crippen LogP contribution in [0.2, 0.25) is 0 Å². The Hall–Kier alpha value is -0.970. The molecule has 0 saturated heterocycles. The Morgan fingerprint density at radius 1 is 1.00 bits per heavy atom. The molecule has 4 bridgehead atoms. The zero-order chi connectivity index (χ0) is 22.8. The van der Waals surface area contributed by atoms with Gasteiger partial charge in [0.1, 0.15) is 12.0 Å². The molecule has 5 fully saturated rings. The van der Waals surface area contributed by atoms with Crippen molar-refractivity contribution >= 4 is 24.0 Å². The van der Waals surface area contributed by atoms with Crippen LogP contribution in [0.3, 0.4) is 0 Å². The van der Waals surface area contributed by atoms with E-state index in [0.717, 1.165) is 44.9 Å². The first-order valence-corrected chi connectivity index (χ1v) is 12.3. The van der Waals surface area contributed by atoms with Crippen LogP contribution in [0.15, 0.2) is 0 Å². The van der Waals surface area contributed by atoms with Gasteiger partial charge in [0.05, 0.1) is 19.6 Å². The molecular weight excluding hydrogens is 446 g/mol. The van der Waals surface area contributed by atoms with Crippen molar-refractivity contribution in [2.75, 3.05) is 13.2 Å². The quantitative estimate of drug-likeness (QED) is 0.196. The van der Waals surface area contributed by atoms with Gasteiger partial charge in [0.25, 0.3) is 0 Å². The number of rotatable bonds is 10. The molecule has 0 aromatic carbocycles. The number of hydrogen-bond donors (Lipinski definition) is 1. The second-order valence-electron chi connectivity index (χ2n) is 10.6. The lowest BCUT2D eigenvalue weighted by atomic mass is 9.43. The van der Waals surface area contributed by atoms with Gasteiger partial charge in [-0.1, -0.05) is 24.3 Å². The average Bonchev–Trinajstić information content (AvgIpc) is 2.74. The lowest BCUT2D eigenvalue weighted by molar-refractivity contribution is -0.433. The van der Waals surface area contributed by atoms with Crippen molar-refractivity contribution in [1.29, 1.82) is 0 Å². The smallest absolute Gasteiger partial charge is 0.415 e. The van der Waals surface area contributed by atoms with Gasteiger partial charge in [-0.05, 0) is 74.5 Å². The number of alkyl halides is 2. The predicted octanol–water partition coefficient (Wildman–Crippen LogP) is 5.29. The molecule has 2 unspecified atom stereocenters. The summed E-state index contributed by atoms with van der Waals surface area (Å²) in [5, 5.41) is 7.19. The van der Waals surface area contributed by atoms with Crippen LogP contribution in [0.4, 0.5) is 8.78 Å². The van der Waals surface area contributed by atoms with Gasteiger partial charge in [0, 0.05) is 5.41 Å². The van der Waals surface area contributed by atoms with Crippen molar-refractivity contribution in [1.82, 2.24) is 0 Å². The normalized spacial score (nSPS) is 34.5. The van der Waals surface area contributed by atoms with Crippen LogP contribution in [0.5, 0.6) is 0 Å². The third-order valence-corrected chi connectivity index (χ3v) is 8.45. The maximum absolute atomic E-state index is 13.8. The molecule has 0 aromatic heterocycles. The van der Waals surface area contributed by atoms with E-state index in [9.17, 15) is 18.4 Å². The average molecular weight is 479 g/mol. The minimum absolute atomic E-state index is 0.103. The highest BCUT2D eigenvalue weighted by molar-refractivity contribution is 7.96. The van der Waals surface area contributed by atoms with Crippen molar-refractivity contribution < 1.29 is 42.5 Å². The number of carbonyl (C=O) groups is 2. The maximum Gasteiger partial charge on any atom is 0.415 e. The molecule has 10 heteroatoms. The number of esters is 2. The van der Waals surface area contributed by atoms with Gasteiger partial charge in [-0.2, -0.15) is 8.78 Å². The Morgan fingerprint density at radius 2 is 1.66 bits per heavy atom. The van der Waals surface area contributed by atoms with E-state index in [0.29, 0.717) is 37.2 Å². The summed E-state index contributed by atoms with van der Waals surface area (Å²) < 4.78 is 41.9. The molecule has 7 nitrogen and oxygen atoms in total. The Morgan fingerprint density at radius 3 is 2.31 bits per heavy atom. The largest absolute Gasteiger partial charge is 0.465 e. The molecule has 0 amide bonds. The van der Waals surface area contributed by atoms with Gasteiger partial charge >= 0.3 is 17.2 Å². The van der Waals surface area contributed by atoms with Gasteiger partial charge in [-0.25, -0.2) is 10.1 Å². The zero-order valence-electron chi connectivity index (χ0n) is 18.2. The molecule has 2 atom stereocenters. The fourth-order valence-corrected chi connectivity index (χ4v) is 7.58. The SMILES string of the molecule is O=C(CC12CC3CC(CC(COC(=O)C(F)(F)SOOO)(C3)C1)C2)OCC1CCCCC1. The summed E-state index contributed by atoms with van der Waals surface area (Å²) in [6, 6.07) is 0. The summed E-state index contributed by atoms with van der Waals surface area (Å²) in [7, 11) is 0. The van der Waals surface area contributed by atoms with Gasteiger partial charge < -0.3 is 9.47 Å². The zero-order valence-corrected chi connectivity index (χ0v) is 19.0. The summed E-state index contributed by atoms with van der Waals surface area (Å²) in [6.45, 7) is 0.394. The van der Waals surface area contributed by atoms with Crippen LogP contribution >= 0.6 is 12.0 Å². The minimum Gasteiger partial charge on any atom is -0.465 e. The number of halogens is 2. The molecule has 0 spiro atoms. The molecule has 182 valence electrons. The molecule has 5 aliphatic rings. The third-order valence-electron chi connectivity index (χ3n) is 7.94. The molecule has 0 heterocycles. The highest BCUT2D eigenvalue weighted by atomic mass is 32.2. The monoisotopic (exact) mass is 478 g/mol. The molecule has 0 radical (unpaired) electrons. The predicted molar refractivity (Wildman–Crippen MR) is 110 cm³/mol. The van der Waals surface area contributed by atoms with Crippen LogP contribution in [-0.4, -0.2) is 35.7 Å². The first-order valence-electron chi connectivity index (χ1n) is 11.6. The first-order chi connectivity index (χ1) is 15.2. The van der Waals surface area contributed by atoms with Gasteiger partial charge in [0.2, 0.25) is 0 Å². The second-order valence-corrected chi connectivity index (χ2v) is 11.5. The number of hydrogen-bond acceptors (Lipinski definition) is 8.